The molecular weight excluding hydrogens is 454 g/mol. The number of ether oxygens (including phenoxy) is 1. The lowest BCUT2D eigenvalue weighted by molar-refractivity contribution is -0.143. The van der Waals surface area contributed by atoms with Gasteiger partial charge in [0.2, 0.25) is 11.8 Å². The van der Waals surface area contributed by atoms with E-state index in [1.54, 1.807) is 37.8 Å². The molecule has 1 rings (SSSR count). The highest BCUT2D eigenvalue weighted by atomic mass is 16.6. The van der Waals surface area contributed by atoms with Crippen molar-refractivity contribution in [3.63, 3.8) is 0 Å². The quantitative estimate of drug-likeness (QED) is 0.387. The standard InChI is InChI=1S/C29H45N3O4/c1-10-15-21(6)30-26(33)25(23-17-14-13-16-22(23)12-3)32(18-11-2)27(34)24(19-20(4)5)31-28(35)36-29(7,8)9/h3,13-14,16-17,20-21,24-25H,10-11,15,18-19H2,1-2,4-9H3,(H,30,33)(H,31,35). The molecule has 7 heteroatoms. The third-order valence-corrected chi connectivity index (χ3v) is 5.53. The first-order chi connectivity index (χ1) is 16.8. The average Bonchev–Trinajstić information content (AvgIpc) is 2.76. The summed E-state index contributed by atoms with van der Waals surface area (Å²) in [5, 5.41) is 5.82. The monoisotopic (exact) mass is 499 g/mol. The molecular formula is C29H45N3O4. The maximum atomic E-state index is 14.0. The lowest BCUT2D eigenvalue weighted by atomic mass is 9.95. The molecule has 1 aromatic rings. The largest absolute Gasteiger partial charge is 0.444 e. The number of carbonyl (C=O) groups excluding carboxylic acids is 3. The van der Waals surface area contributed by atoms with Crippen molar-refractivity contribution in [1.82, 2.24) is 15.5 Å². The van der Waals surface area contributed by atoms with Gasteiger partial charge in [0, 0.05) is 18.2 Å². The predicted molar refractivity (Wildman–Crippen MR) is 144 cm³/mol. The molecule has 0 aliphatic heterocycles. The Morgan fingerprint density at radius 1 is 1.06 bits per heavy atom. The summed E-state index contributed by atoms with van der Waals surface area (Å²) in [6.07, 6.45) is 7.87. The van der Waals surface area contributed by atoms with Crippen molar-refractivity contribution >= 4 is 17.9 Å². The zero-order chi connectivity index (χ0) is 27.5. The Kier molecular flexibility index (Phi) is 12.5. The lowest BCUT2D eigenvalue weighted by Crippen LogP contribution is -2.54. The molecule has 0 heterocycles. The van der Waals surface area contributed by atoms with Gasteiger partial charge in [0.15, 0.2) is 0 Å². The van der Waals surface area contributed by atoms with Crippen molar-refractivity contribution in [2.75, 3.05) is 6.54 Å². The van der Waals surface area contributed by atoms with Crippen LogP contribution >= 0.6 is 0 Å². The minimum absolute atomic E-state index is 0.0621. The molecule has 0 aliphatic rings. The molecule has 0 radical (unpaired) electrons. The molecule has 0 saturated heterocycles. The van der Waals surface area contributed by atoms with E-state index in [0.29, 0.717) is 30.5 Å². The van der Waals surface area contributed by atoms with E-state index in [1.165, 1.54) is 0 Å². The van der Waals surface area contributed by atoms with E-state index in [9.17, 15) is 14.4 Å². The summed E-state index contributed by atoms with van der Waals surface area (Å²) in [5.74, 6) is 2.14. The van der Waals surface area contributed by atoms with Crippen molar-refractivity contribution in [3.8, 4) is 12.3 Å². The minimum atomic E-state index is -0.931. The second-order valence-electron chi connectivity index (χ2n) is 10.7. The van der Waals surface area contributed by atoms with Crippen molar-refractivity contribution in [1.29, 1.82) is 0 Å². The highest BCUT2D eigenvalue weighted by Crippen LogP contribution is 2.27. The molecule has 0 bridgehead atoms. The van der Waals surface area contributed by atoms with Crippen LogP contribution in [0.5, 0.6) is 0 Å². The van der Waals surface area contributed by atoms with E-state index in [-0.39, 0.29) is 23.8 Å². The Bertz CT molecular complexity index is 914. The van der Waals surface area contributed by atoms with Gasteiger partial charge in [-0.3, -0.25) is 9.59 Å². The summed E-state index contributed by atoms with van der Waals surface area (Å²) in [6.45, 7) is 15.5. The van der Waals surface area contributed by atoms with Crippen molar-refractivity contribution in [2.24, 2.45) is 5.92 Å². The normalized spacial score (nSPS) is 13.8. The number of rotatable bonds is 12. The number of benzene rings is 1. The molecule has 36 heavy (non-hydrogen) atoms. The molecule has 0 aliphatic carbocycles. The Morgan fingerprint density at radius 3 is 2.22 bits per heavy atom. The van der Waals surface area contributed by atoms with E-state index < -0.39 is 23.8 Å². The zero-order valence-corrected chi connectivity index (χ0v) is 23.3. The van der Waals surface area contributed by atoms with Crippen LogP contribution in [-0.4, -0.2) is 47.0 Å². The number of hydrogen-bond acceptors (Lipinski definition) is 4. The molecule has 7 nitrogen and oxygen atoms in total. The van der Waals surface area contributed by atoms with E-state index >= 15 is 0 Å². The molecule has 3 unspecified atom stereocenters. The van der Waals surface area contributed by atoms with Gasteiger partial charge in [-0.2, -0.15) is 0 Å². The van der Waals surface area contributed by atoms with Crippen LogP contribution in [0, 0.1) is 18.3 Å². The summed E-state index contributed by atoms with van der Waals surface area (Å²) < 4.78 is 5.42. The highest BCUT2D eigenvalue weighted by Gasteiger charge is 2.37. The van der Waals surface area contributed by atoms with Gasteiger partial charge in [0.1, 0.15) is 17.7 Å². The lowest BCUT2D eigenvalue weighted by Gasteiger charge is -2.35. The van der Waals surface area contributed by atoms with Crippen LogP contribution in [0.25, 0.3) is 0 Å². The van der Waals surface area contributed by atoms with E-state index in [2.05, 4.69) is 23.5 Å². The highest BCUT2D eigenvalue weighted by molar-refractivity contribution is 5.92. The summed E-state index contributed by atoms with van der Waals surface area (Å²) in [6, 6.07) is 5.33. The number of terminal acetylenes is 1. The average molecular weight is 500 g/mol. The van der Waals surface area contributed by atoms with Gasteiger partial charge in [0.25, 0.3) is 0 Å². The number of nitrogens with one attached hydrogen (secondary N) is 2. The zero-order valence-electron chi connectivity index (χ0n) is 23.3. The smallest absolute Gasteiger partial charge is 0.408 e. The fourth-order valence-electron chi connectivity index (χ4n) is 4.09. The number of alkyl carbamates (subject to hydrolysis) is 1. The first-order valence-electron chi connectivity index (χ1n) is 13.0. The summed E-state index contributed by atoms with van der Waals surface area (Å²) >= 11 is 0. The Balaban J connectivity index is 3.52. The second kappa shape index (κ2) is 14.5. The van der Waals surface area contributed by atoms with Crippen LogP contribution in [0.4, 0.5) is 4.79 Å². The van der Waals surface area contributed by atoms with Crippen LogP contribution in [-0.2, 0) is 14.3 Å². The topological polar surface area (TPSA) is 87.7 Å². The molecule has 1 aromatic carbocycles. The van der Waals surface area contributed by atoms with E-state index in [4.69, 9.17) is 11.2 Å². The van der Waals surface area contributed by atoms with Crippen LogP contribution in [0.15, 0.2) is 24.3 Å². The first kappa shape index (κ1) is 31.0. The van der Waals surface area contributed by atoms with Crippen LogP contribution in [0.1, 0.15) is 98.2 Å². The predicted octanol–water partition coefficient (Wildman–Crippen LogP) is 5.19. The third kappa shape index (κ3) is 9.93. The molecule has 3 amide bonds. The number of carbonyl (C=O) groups is 3. The molecule has 200 valence electrons. The Hall–Kier alpha value is -3.01. The molecule has 0 aromatic heterocycles. The SMILES string of the molecule is C#Cc1ccccc1C(C(=O)NC(C)CCC)N(CCC)C(=O)C(CC(C)C)NC(=O)OC(C)(C)C. The van der Waals surface area contributed by atoms with Crippen molar-refractivity contribution < 1.29 is 19.1 Å². The van der Waals surface area contributed by atoms with Gasteiger partial charge in [-0.15, -0.1) is 6.42 Å². The van der Waals surface area contributed by atoms with Gasteiger partial charge < -0.3 is 20.3 Å². The first-order valence-corrected chi connectivity index (χ1v) is 13.0. The Labute approximate surface area is 217 Å². The van der Waals surface area contributed by atoms with Gasteiger partial charge in [0.05, 0.1) is 0 Å². The van der Waals surface area contributed by atoms with Gasteiger partial charge in [-0.05, 0) is 64.5 Å². The second-order valence-corrected chi connectivity index (χ2v) is 10.7. The van der Waals surface area contributed by atoms with Crippen molar-refractivity contribution in [2.45, 2.75) is 105 Å². The van der Waals surface area contributed by atoms with Gasteiger partial charge >= 0.3 is 6.09 Å². The molecule has 0 spiro atoms. The molecule has 3 atom stereocenters. The van der Waals surface area contributed by atoms with E-state index in [1.807, 2.05) is 39.8 Å². The number of nitrogens with zero attached hydrogens (tertiary/aromatic N) is 1. The molecule has 0 saturated carbocycles. The minimum Gasteiger partial charge on any atom is -0.444 e. The molecule has 0 fully saturated rings. The fraction of sp³-hybridized carbons (Fsp3) is 0.621. The van der Waals surface area contributed by atoms with Gasteiger partial charge in [-0.1, -0.05) is 58.2 Å². The van der Waals surface area contributed by atoms with Crippen LogP contribution in [0.3, 0.4) is 0 Å². The number of hydrogen-bond donors (Lipinski definition) is 2. The maximum Gasteiger partial charge on any atom is 0.408 e. The summed E-state index contributed by atoms with van der Waals surface area (Å²) in [5.41, 5.74) is 0.432. The van der Waals surface area contributed by atoms with Gasteiger partial charge in [-0.25, -0.2) is 4.79 Å². The molecule has 2 N–H and O–H groups in total. The maximum absolute atomic E-state index is 14.0. The fourth-order valence-corrected chi connectivity index (χ4v) is 4.09. The van der Waals surface area contributed by atoms with Crippen LogP contribution < -0.4 is 10.6 Å². The third-order valence-electron chi connectivity index (χ3n) is 5.53. The number of amides is 3. The van der Waals surface area contributed by atoms with Crippen molar-refractivity contribution in [3.05, 3.63) is 35.4 Å². The van der Waals surface area contributed by atoms with E-state index in [0.717, 1.165) is 12.8 Å². The van der Waals surface area contributed by atoms with Crippen LogP contribution in [0.2, 0.25) is 0 Å². The summed E-state index contributed by atoms with van der Waals surface area (Å²) in [4.78, 5) is 41.9. The Morgan fingerprint density at radius 2 is 1.69 bits per heavy atom. The summed E-state index contributed by atoms with van der Waals surface area (Å²) in [7, 11) is 0.